The van der Waals surface area contributed by atoms with Crippen molar-refractivity contribution in [3.8, 4) is 0 Å². The minimum Gasteiger partial charge on any atom is -0.383 e. The Bertz CT molecular complexity index is 662. The molecule has 4 heterocycles. The largest absolute Gasteiger partial charge is 0.383 e. The van der Waals surface area contributed by atoms with E-state index in [4.69, 9.17) is 14.0 Å². The predicted molar refractivity (Wildman–Crippen MR) is 96.5 cm³/mol. The summed E-state index contributed by atoms with van der Waals surface area (Å²) in [7, 11) is 1.63. The van der Waals surface area contributed by atoms with Crippen molar-refractivity contribution in [1.82, 2.24) is 25.3 Å². The highest BCUT2D eigenvalue weighted by molar-refractivity contribution is 5.75. The van der Waals surface area contributed by atoms with E-state index in [1.807, 2.05) is 11.8 Å². The highest BCUT2D eigenvalue weighted by Crippen LogP contribution is 2.45. The van der Waals surface area contributed by atoms with Crippen LogP contribution in [0.5, 0.6) is 0 Å². The lowest BCUT2D eigenvalue weighted by molar-refractivity contribution is 0.0377. The van der Waals surface area contributed by atoms with Crippen molar-refractivity contribution >= 4 is 6.03 Å². The highest BCUT2D eigenvalue weighted by Gasteiger charge is 2.58. The monoisotopic (exact) mass is 379 g/mol. The Morgan fingerprint density at radius 3 is 2.85 bits per heavy atom. The summed E-state index contributed by atoms with van der Waals surface area (Å²) in [6.07, 6.45) is 2.12. The topological polar surface area (TPSA) is 93.0 Å². The quantitative estimate of drug-likeness (QED) is 0.740. The molecule has 9 heteroatoms. The van der Waals surface area contributed by atoms with Crippen molar-refractivity contribution in [2.45, 2.75) is 31.2 Å². The fraction of sp³-hybridized carbons (Fsp3) is 0.833. The molecule has 3 aliphatic rings. The first kappa shape index (κ1) is 18.6. The highest BCUT2D eigenvalue weighted by atomic mass is 16.5. The molecule has 27 heavy (non-hydrogen) atoms. The third-order valence-electron chi connectivity index (χ3n) is 6.17. The maximum absolute atomic E-state index is 12.6. The molecule has 0 unspecified atom stereocenters. The van der Waals surface area contributed by atoms with Gasteiger partial charge in [0.15, 0.2) is 5.82 Å². The summed E-state index contributed by atoms with van der Waals surface area (Å²) >= 11 is 0. The predicted octanol–water partition coefficient (Wildman–Crippen LogP) is 0.398. The number of nitrogens with one attached hydrogen (secondary N) is 1. The lowest BCUT2D eigenvalue weighted by Crippen LogP contribution is -2.46. The number of likely N-dealkylation sites (tertiary alicyclic amines) is 2. The number of hydrogen-bond acceptors (Lipinski definition) is 7. The molecule has 4 rings (SSSR count). The van der Waals surface area contributed by atoms with Gasteiger partial charge in [0.25, 0.3) is 0 Å². The molecule has 1 aromatic rings. The van der Waals surface area contributed by atoms with Crippen molar-refractivity contribution in [1.29, 1.82) is 0 Å². The lowest BCUT2D eigenvalue weighted by Gasteiger charge is -2.33. The third-order valence-corrected chi connectivity index (χ3v) is 6.17. The fourth-order valence-electron chi connectivity index (χ4n) is 4.76. The molecular formula is C18H29N5O4. The van der Waals surface area contributed by atoms with Gasteiger partial charge in [0, 0.05) is 65.0 Å². The van der Waals surface area contributed by atoms with E-state index in [-0.39, 0.29) is 11.4 Å². The molecule has 150 valence electrons. The van der Waals surface area contributed by atoms with Gasteiger partial charge in [-0.25, -0.2) is 4.79 Å². The minimum atomic E-state index is -0.280. The molecule has 3 saturated heterocycles. The Morgan fingerprint density at radius 2 is 2.15 bits per heavy atom. The summed E-state index contributed by atoms with van der Waals surface area (Å²) in [4.78, 5) is 21.6. The lowest BCUT2D eigenvalue weighted by atomic mass is 9.81. The molecule has 0 spiro atoms. The van der Waals surface area contributed by atoms with Gasteiger partial charge >= 0.3 is 6.03 Å². The fourth-order valence-corrected chi connectivity index (χ4v) is 4.76. The van der Waals surface area contributed by atoms with Crippen molar-refractivity contribution in [2.75, 3.05) is 59.7 Å². The number of ether oxygens (including phenoxy) is 2. The molecule has 0 bridgehead atoms. The van der Waals surface area contributed by atoms with Crippen LogP contribution in [0.2, 0.25) is 0 Å². The molecule has 2 atom stereocenters. The van der Waals surface area contributed by atoms with E-state index in [9.17, 15) is 4.79 Å². The number of fused-ring (bicyclic) bond motifs is 1. The summed E-state index contributed by atoms with van der Waals surface area (Å²) in [5.41, 5.74) is -0.280. The zero-order chi connectivity index (χ0) is 18.9. The van der Waals surface area contributed by atoms with E-state index < -0.39 is 0 Å². The van der Waals surface area contributed by atoms with Gasteiger partial charge in [0.2, 0.25) is 5.89 Å². The molecule has 0 radical (unpaired) electrons. The first-order chi connectivity index (χ1) is 13.1. The summed E-state index contributed by atoms with van der Waals surface area (Å²) in [5, 5.41) is 6.95. The number of hydrogen-bond donors (Lipinski definition) is 1. The first-order valence-corrected chi connectivity index (χ1v) is 9.76. The van der Waals surface area contributed by atoms with Crippen LogP contribution < -0.4 is 5.32 Å². The van der Waals surface area contributed by atoms with Gasteiger partial charge in [0.1, 0.15) is 0 Å². The third kappa shape index (κ3) is 3.55. The van der Waals surface area contributed by atoms with Gasteiger partial charge in [-0.3, -0.25) is 4.90 Å². The summed E-state index contributed by atoms with van der Waals surface area (Å²) in [6, 6.07) is 0.490. The van der Waals surface area contributed by atoms with E-state index in [1.54, 1.807) is 7.11 Å². The second-order valence-electron chi connectivity index (χ2n) is 7.88. The number of aromatic nitrogens is 2. The summed E-state index contributed by atoms with van der Waals surface area (Å²) < 4.78 is 16.2. The van der Waals surface area contributed by atoms with E-state index >= 15 is 0 Å². The SMILES string of the molecule is COCCNC(=O)N1C[C@H]2CN(C3CCOCC3)C[C@@]2(c2nc(C)no2)C1. The Kier molecular flexibility index (Phi) is 5.34. The summed E-state index contributed by atoms with van der Waals surface area (Å²) in [5.74, 6) is 1.62. The van der Waals surface area contributed by atoms with E-state index in [0.717, 1.165) is 39.1 Å². The minimum absolute atomic E-state index is 0.0466. The van der Waals surface area contributed by atoms with Gasteiger partial charge in [-0.2, -0.15) is 4.98 Å². The molecule has 0 saturated carbocycles. The van der Waals surface area contributed by atoms with Crippen molar-refractivity contribution in [2.24, 2.45) is 5.92 Å². The Hall–Kier alpha value is -1.71. The number of rotatable bonds is 5. The van der Waals surface area contributed by atoms with Gasteiger partial charge < -0.3 is 24.2 Å². The zero-order valence-electron chi connectivity index (χ0n) is 16.1. The number of aryl methyl sites for hydroxylation is 1. The molecule has 2 amide bonds. The molecule has 3 aliphatic heterocycles. The van der Waals surface area contributed by atoms with E-state index in [0.29, 0.717) is 49.9 Å². The van der Waals surface area contributed by atoms with E-state index in [1.165, 1.54) is 0 Å². The van der Waals surface area contributed by atoms with Crippen LogP contribution in [-0.2, 0) is 14.9 Å². The molecule has 3 fully saturated rings. The molecule has 0 aromatic carbocycles. The van der Waals surface area contributed by atoms with Crippen LogP contribution in [0.25, 0.3) is 0 Å². The molecular weight excluding hydrogens is 350 g/mol. The van der Waals surface area contributed by atoms with Crippen LogP contribution in [0.4, 0.5) is 4.79 Å². The number of urea groups is 1. The average molecular weight is 379 g/mol. The first-order valence-electron chi connectivity index (χ1n) is 9.76. The molecule has 1 N–H and O–H groups in total. The molecule has 0 aliphatic carbocycles. The average Bonchev–Trinajstić information content (AvgIpc) is 3.35. The maximum atomic E-state index is 12.6. The van der Waals surface area contributed by atoms with Crippen LogP contribution in [0, 0.1) is 12.8 Å². The van der Waals surface area contributed by atoms with Crippen molar-refractivity contribution in [3.05, 3.63) is 11.7 Å². The van der Waals surface area contributed by atoms with Crippen LogP contribution in [0.3, 0.4) is 0 Å². The molecule has 9 nitrogen and oxygen atoms in total. The van der Waals surface area contributed by atoms with Gasteiger partial charge in [-0.15, -0.1) is 0 Å². The van der Waals surface area contributed by atoms with Gasteiger partial charge in [-0.1, -0.05) is 5.16 Å². The standard InChI is InChI=1S/C18H29N5O4/c1-13-20-16(27-21-13)18-11-22(15-3-6-26-7-4-15)9-14(18)10-23(12-18)17(24)19-5-8-25-2/h14-15H,3-12H2,1-2H3,(H,19,24)/t14-,18-/m1/s1. The van der Waals surface area contributed by atoms with Crippen LogP contribution in [0.15, 0.2) is 4.52 Å². The second-order valence-corrected chi connectivity index (χ2v) is 7.88. The smallest absolute Gasteiger partial charge is 0.317 e. The normalized spacial score (nSPS) is 29.3. The Morgan fingerprint density at radius 1 is 1.33 bits per heavy atom. The van der Waals surface area contributed by atoms with Crippen molar-refractivity contribution < 1.29 is 18.8 Å². The number of methoxy groups -OCH3 is 1. The van der Waals surface area contributed by atoms with Crippen LogP contribution in [0.1, 0.15) is 24.6 Å². The molecule has 1 aromatic heterocycles. The van der Waals surface area contributed by atoms with Crippen LogP contribution in [-0.4, -0.2) is 91.7 Å². The van der Waals surface area contributed by atoms with Gasteiger partial charge in [0.05, 0.1) is 12.0 Å². The zero-order valence-corrected chi connectivity index (χ0v) is 16.1. The number of carbonyl (C=O) groups is 1. The Labute approximate surface area is 159 Å². The van der Waals surface area contributed by atoms with Gasteiger partial charge in [-0.05, 0) is 19.8 Å². The van der Waals surface area contributed by atoms with Crippen molar-refractivity contribution in [3.63, 3.8) is 0 Å². The maximum Gasteiger partial charge on any atom is 0.317 e. The summed E-state index contributed by atoms with van der Waals surface area (Å²) in [6.45, 7) is 7.64. The Balaban J connectivity index is 1.51. The second kappa shape index (κ2) is 7.73. The van der Waals surface area contributed by atoms with E-state index in [2.05, 4.69) is 20.4 Å². The number of carbonyl (C=O) groups excluding carboxylic acids is 1. The number of amides is 2. The van der Waals surface area contributed by atoms with Crippen LogP contribution >= 0.6 is 0 Å². The number of nitrogens with zero attached hydrogens (tertiary/aromatic N) is 4.